The van der Waals surface area contributed by atoms with Gasteiger partial charge in [-0.3, -0.25) is 0 Å². The zero-order valence-corrected chi connectivity index (χ0v) is 18.0. The highest BCUT2D eigenvalue weighted by Crippen LogP contribution is 2.28. The number of nitrogens with zero attached hydrogens (tertiary/aromatic N) is 1. The van der Waals surface area contributed by atoms with E-state index in [1.54, 1.807) is 16.9 Å². The van der Waals surface area contributed by atoms with Gasteiger partial charge in [0.05, 0.1) is 16.9 Å². The number of rotatable bonds is 4. The summed E-state index contributed by atoms with van der Waals surface area (Å²) in [4.78, 5) is 0. The minimum Gasteiger partial charge on any atom is -0.672 e. The first-order valence-electron chi connectivity index (χ1n) is 10.5. The quantitative estimate of drug-likeness (QED) is 0.380. The molecule has 4 aromatic rings. The van der Waals surface area contributed by atoms with Gasteiger partial charge in [0.2, 0.25) is 12.8 Å². The molecule has 1 aliphatic heterocycles. The van der Waals surface area contributed by atoms with Crippen molar-refractivity contribution >= 4 is 35.3 Å². The van der Waals surface area contributed by atoms with Gasteiger partial charge in [-0.05, 0) is 30.3 Å². The molecule has 0 aromatic heterocycles. The van der Waals surface area contributed by atoms with Crippen LogP contribution in [0, 0.1) is 0 Å². The van der Waals surface area contributed by atoms with E-state index < -0.39 is 6.55 Å². The SMILES string of the molecule is Oc1ccccc1C[N+]1=Cc2cc(Cl)ccc2O[B-](c2ccccc2)(c2ccccc2)O1. The maximum atomic E-state index is 10.4. The summed E-state index contributed by atoms with van der Waals surface area (Å²) in [6.45, 7) is -1.81. The summed E-state index contributed by atoms with van der Waals surface area (Å²) >= 11 is 6.30. The van der Waals surface area contributed by atoms with Gasteiger partial charge in [-0.1, -0.05) is 89.1 Å². The van der Waals surface area contributed by atoms with Crippen LogP contribution in [0.4, 0.5) is 0 Å². The Morgan fingerprint density at radius 1 is 0.781 bits per heavy atom. The minimum atomic E-state index is -2.13. The Labute approximate surface area is 191 Å². The van der Waals surface area contributed by atoms with Crippen molar-refractivity contribution in [1.82, 2.24) is 0 Å². The lowest BCUT2D eigenvalue weighted by molar-refractivity contribution is -0.763. The van der Waals surface area contributed by atoms with E-state index in [1.807, 2.05) is 97.2 Å². The number of benzene rings is 4. The molecule has 1 heterocycles. The van der Waals surface area contributed by atoms with E-state index in [4.69, 9.17) is 21.0 Å². The zero-order valence-electron chi connectivity index (χ0n) is 17.3. The zero-order chi connectivity index (χ0) is 22.0. The second kappa shape index (κ2) is 8.44. The van der Waals surface area contributed by atoms with Gasteiger partial charge < -0.3 is 14.5 Å². The van der Waals surface area contributed by atoms with Crippen molar-refractivity contribution in [3.63, 3.8) is 0 Å². The molecule has 32 heavy (non-hydrogen) atoms. The van der Waals surface area contributed by atoms with Crippen LogP contribution in [0.2, 0.25) is 5.02 Å². The molecule has 0 aliphatic carbocycles. The number of hydrogen-bond acceptors (Lipinski definition) is 3. The smallest absolute Gasteiger partial charge is 0.468 e. The topological polar surface area (TPSA) is 41.7 Å². The third kappa shape index (κ3) is 3.83. The van der Waals surface area contributed by atoms with Crippen molar-refractivity contribution in [2.24, 2.45) is 0 Å². The molecule has 0 unspecified atom stereocenters. The first-order chi connectivity index (χ1) is 15.6. The molecule has 1 N–H and O–H groups in total. The maximum absolute atomic E-state index is 10.4. The van der Waals surface area contributed by atoms with E-state index in [1.165, 1.54) is 0 Å². The number of hydrogen-bond donors (Lipinski definition) is 1. The Kier molecular flexibility index (Phi) is 5.34. The van der Waals surface area contributed by atoms with Crippen LogP contribution in [0.1, 0.15) is 11.1 Å². The van der Waals surface area contributed by atoms with Gasteiger partial charge in [-0.2, -0.15) is 0 Å². The normalized spacial score (nSPS) is 14.3. The monoisotopic (exact) mass is 441 g/mol. The van der Waals surface area contributed by atoms with Crippen molar-refractivity contribution in [3.8, 4) is 11.5 Å². The molecule has 0 amide bonds. The van der Waals surface area contributed by atoms with Crippen molar-refractivity contribution in [2.75, 3.05) is 0 Å². The van der Waals surface area contributed by atoms with Crippen molar-refractivity contribution in [1.29, 1.82) is 0 Å². The summed E-state index contributed by atoms with van der Waals surface area (Å²) in [6.07, 6.45) is 1.86. The fourth-order valence-corrected chi connectivity index (χ4v) is 4.24. The highest BCUT2D eigenvalue weighted by atomic mass is 35.5. The molecule has 4 aromatic carbocycles. The van der Waals surface area contributed by atoms with Gasteiger partial charge in [-0.25, -0.2) is 0 Å². The number of fused-ring (bicyclic) bond motifs is 1. The number of hydroxylamine groups is 1. The number of para-hydroxylation sites is 1. The van der Waals surface area contributed by atoms with Gasteiger partial charge in [0, 0.05) is 5.02 Å². The Morgan fingerprint density at radius 2 is 1.41 bits per heavy atom. The molecular weight excluding hydrogens is 421 g/mol. The lowest BCUT2D eigenvalue weighted by atomic mass is 9.46. The van der Waals surface area contributed by atoms with Gasteiger partial charge in [-0.15, -0.1) is 10.9 Å². The van der Waals surface area contributed by atoms with Gasteiger partial charge in [0.1, 0.15) is 5.75 Å². The number of aromatic hydroxyl groups is 1. The third-order valence-corrected chi connectivity index (χ3v) is 5.86. The van der Waals surface area contributed by atoms with E-state index in [0.29, 0.717) is 17.3 Å². The van der Waals surface area contributed by atoms with Gasteiger partial charge >= 0.3 is 6.55 Å². The van der Waals surface area contributed by atoms with Gasteiger partial charge in [0.15, 0.2) is 0 Å². The van der Waals surface area contributed by atoms with Crippen LogP contribution >= 0.6 is 11.6 Å². The highest BCUT2D eigenvalue weighted by molar-refractivity contribution is 6.93. The fraction of sp³-hybridized carbons (Fsp3) is 0.0385. The first kappa shape index (κ1) is 20.2. The Hall–Kier alpha value is -3.70. The van der Waals surface area contributed by atoms with Crippen LogP contribution in [0.3, 0.4) is 0 Å². The minimum absolute atomic E-state index is 0.207. The van der Waals surface area contributed by atoms with Crippen LogP contribution in [-0.4, -0.2) is 22.6 Å². The van der Waals surface area contributed by atoms with Crippen LogP contribution in [0.5, 0.6) is 11.5 Å². The van der Waals surface area contributed by atoms with Crippen molar-refractivity contribution in [3.05, 3.63) is 119 Å². The molecule has 0 spiro atoms. The third-order valence-electron chi connectivity index (χ3n) is 5.63. The number of halogens is 1. The average Bonchev–Trinajstić information content (AvgIpc) is 2.99. The van der Waals surface area contributed by atoms with Gasteiger partial charge in [0.25, 0.3) is 0 Å². The predicted octanol–water partition coefficient (Wildman–Crippen LogP) is 4.26. The summed E-state index contributed by atoms with van der Waals surface area (Å²) in [5.74, 6) is 0.875. The summed E-state index contributed by atoms with van der Waals surface area (Å²) < 4.78 is 15.2. The van der Waals surface area contributed by atoms with E-state index >= 15 is 0 Å². The number of phenolic OH excluding ortho intramolecular Hbond substituents is 1. The second-order valence-electron chi connectivity index (χ2n) is 7.77. The summed E-state index contributed by atoms with van der Waals surface area (Å²) in [5.41, 5.74) is 3.33. The molecule has 0 radical (unpaired) electrons. The Morgan fingerprint density at radius 3 is 2.06 bits per heavy atom. The molecule has 5 rings (SSSR count). The molecule has 0 saturated heterocycles. The lowest BCUT2D eigenvalue weighted by Crippen LogP contribution is -2.66. The Bertz CT molecular complexity index is 1240. The summed E-state index contributed by atoms with van der Waals surface area (Å²) in [7, 11) is 0. The maximum Gasteiger partial charge on any atom is 0.468 e. The first-order valence-corrected chi connectivity index (χ1v) is 10.8. The predicted molar refractivity (Wildman–Crippen MR) is 128 cm³/mol. The molecule has 158 valence electrons. The van der Waals surface area contributed by atoms with E-state index in [9.17, 15) is 5.11 Å². The van der Waals surface area contributed by atoms with Crippen LogP contribution in [0.15, 0.2) is 103 Å². The van der Waals surface area contributed by atoms with E-state index in [2.05, 4.69) is 0 Å². The molecule has 0 saturated carbocycles. The summed E-state index contributed by atoms with van der Waals surface area (Å²) in [5, 5.41) is 11.0. The molecule has 6 heteroatoms. The largest absolute Gasteiger partial charge is 0.672 e. The summed E-state index contributed by atoms with van der Waals surface area (Å²) in [6, 6.07) is 32.6. The van der Waals surface area contributed by atoms with Crippen LogP contribution < -0.4 is 15.6 Å². The lowest BCUT2D eigenvalue weighted by Gasteiger charge is -2.38. The highest BCUT2D eigenvalue weighted by Gasteiger charge is 2.42. The molecule has 1 aliphatic rings. The van der Waals surface area contributed by atoms with E-state index in [0.717, 1.165) is 22.1 Å². The van der Waals surface area contributed by atoms with Crippen molar-refractivity contribution in [2.45, 2.75) is 6.54 Å². The van der Waals surface area contributed by atoms with Crippen LogP contribution in [0.25, 0.3) is 0 Å². The van der Waals surface area contributed by atoms with Crippen molar-refractivity contribution < 1.29 is 19.3 Å². The second-order valence-corrected chi connectivity index (χ2v) is 8.21. The molecule has 0 atom stereocenters. The average molecular weight is 442 g/mol. The Balaban J connectivity index is 1.72. The molecular formula is C26H21BClNO3. The van der Waals surface area contributed by atoms with Crippen LogP contribution in [-0.2, 0) is 11.3 Å². The molecule has 0 fully saturated rings. The molecule has 0 bridgehead atoms. The fourth-order valence-electron chi connectivity index (χ4n) is 4.06. The van der Waals surface area contributed by atoms with E-state index in [-0.39, 0.29) is 5.75 Å². The number of phenols is 1. The molecule has 4 nitrogen and oxygen atoms in total. The standard InChI is InChI=1S/C26H21BClNO3/c28-24-15-16-26-21(17-24)19-29(18-20-9-7-8-14-25(20)30)32-27(31-26,22-10-3-1-4-11-22)23-12-5-2-6-13-23/h1-17,19,30H,18H2.